The predicted molar refractivity (Wildman–Crippen MR) is 104 cm³/mol. The third kappa shape index (κ3) is 3.80. The van der Waals surface area contributed by atoms with Crippen LogP contribution in [0.5, 0.6) is 5.75 Å². The minimum atomic E-state index is 0.313. The molecule has 2 nitrogen and oxygen atoms in total. The van der Waals surface area contributed by atoms with Gasteiger partial charge in [0.15, 0.2) is 0 Å². The molecule has 2 heteroatoms. The molecule has 2 aromatic carbocycles. The van der Waals surface area contributed by atoms with Gasteiger partial charge in [-0.1, -0.05) is 75.0 Å². The number of rotatable bonds is 5. The Kier molecular flexibility index (Phi) is 4.99. The van der Waals surface area contributed by atoms with E-state index in [0.29, 0.717) is 11.7 Å². The smallest absolute Gasteiger partial charge is 0.126 e. The lowest BCUT2D eigenvalue weighted by atomic mass is 9.95. The summed E-state index contributed by atoms with van der Waals surface area (Å²) in [6.45, 7) is 8.48. The minimum Gasteiger partial charge on any atom is -0.507 e. The van der Waals surface area contributed by atoms with Gasteiger partial charge in [-0.15, -0.1) is 0 Å². The summed E-state index contributed by atoms with van der Waals surface area (Å²) in [7, 11) is 0. The Balaban J connectivity index is 1.97. The van der Waals surface area contributed by atoms with Crippen molar-refractivity contribution in [2.75, 3.05) is 0 Å². The highest BCUT2D eigenvalue weighted by Gasteiger charge is 2.13. The summed E-state index contributed by atoms with van der Waals surface area (Å²) in [4.78, 5) is 4.74. The van der Waals surface area contributed by atoms with Crippen molar-refractivity contribution in [2.24, 2.45) is 5.92 Å². The Morgan fingerprint density at radius 2 is 1.68 bits per heavy atom. The van der Waals surface area contributed by atoms with Crippen LogP contribution in [-0.2, 0) is 6.42 Å². The molecule has 0 saturated carbocycles. The lowest BCUT2D eigenvalue weighted by Gasteiger charge is -2.14. The lowest BCUT2D eigenvalue weighted by Crippen LogP contribution is -1.98. The number of phenolic OH excluding ortho intramolecular Hbond substituents is 1. The Hall–Kier alpha value is -2.87. The van der Waals surface area contributed by atoms with Crippen molar-refractivity contribution in [3.8, 4) is 17.0 Å². The van der Waals surface area contributed by atoms with Gasteiger partial charge in [0.05, 0.1) is 11.4 Å². The van der Waals surface area contributed by atoms with Gasteiger partial charge in [0.1, 0.15) is 5.75 Å². The first-order chi connectivity index (χ1) is 12.1. The number of phenols is 1. The number of aromatic nitrogens is 1. The zero-order chi connectivity index (χ0) is 17.8. The normalized spacial score (nSPS) is 10.8. The van der Waals surface area contributed by atoms with Crippen molar-refractivity contribution < 1.29 is 5.11 Å². The highest BCUT2D eigenvalue weighted by molar-refractivity contribution is 5.81. The first-order valence-corrected chi connectivity index (χ1v) is 8.59. The Morgan fingerprint density at radius 1 is 0.960 bits per heavy atom. The first kappa shape index (κ1) is 17.0. The van der Waals surface area contributed by atoms with Crippen molar-refractivity contribution in [3.63, 3.8) is 0 Å². The van der Waals surface area contributed by atoms with Crippen LogP contribution in [0.15, 0.2) is 73.3 Å². The van der Waals surface area contributed by atoms with Gasteiger partial charge < -0.3 is 5.11 Å². The van der Waals surface area contributed by atoms with E-state index in [1.54, 1.807) is 0 Å². The summed E-state index contributed by atoms with van der Waals surface area (Å²) in [6.07, 6.45) is 0.838. The average Bonchev–Trinajstić information content (AvgIpc) is 2.63. The molecule has 0 bridgehead atoms. The second-order valence-electron chi connectivity index (χ2n) is 6.66. The van der Waals surface area contributed by atoms with Crippen molar-refractivity contribution >= 4 is 5.57 Å². The summed E-state index contributed by atoms with van der Waals surface area (Å²) in [5, 5.41) is 10.7. The van der Waals surface area contributed by atoms with Crippen molar-refractivity contribution in [3.05, 3.63) is 90.1 Å². The maximum Gasteiger partial charge on any atom is 0.126 e. The molecule has 25 heavy (non-hydrogen) atoms. The van der Waals surface area contributed by atoms with Crippen LogP contribution in [0.3, 0.4) is 0 Å². The average molecular weight is 329 g/mol. The fourth-order valence-electron chi connectivity index (χ4n) is 2.95. The molecule has 0 aliphatic rings. The van der Waals surface area contributed by atoms with E-state index in [4.69, 9.17) is 4.98 Å². The summed E-state index contributed by atoms with van der Waals surface area (Å²) in [5.74, 6) is 0.794. The van der Waals surface area contributed by atoms with Crippen LogP contribution < -0.4 is 0 Å². The van der Waals surface area contributed by atoms with Crippen LogP contribution in [0.1, 0.15) is 30.7 Å². The number of nitrogens with zero attached hydrogens (tertiary/aromatic N) is 1. The van der Waals surface area contributed by atoms with Crippen LogP contribution >= 0.6 is 0 Å². The molecular weight excluding hydrogens is 306 g/mol. The standard InChI is InChI=1S/C23H23NO/c1-16(2)15-19-11-7-12-20(23(19)25)17(3)21-13-8-14-22(24-21)18-9-5-4-6-10-18/h4-14,16,25H,3,15H2,1-2H3. The monoisotopic (exact) mass is 329 g/mol. The maximum atomic E-state index is 10.7. The van der Waals surface area contributed by atoms with Gasteiger partial charge in [-0.25, -0.2) is 4.98 Å². The number of pyridine rings is 1. The molecule has 0 aliphatic carbocycles. The molecular formula is C23H23NO. The van der Waals surface area contributed by atoms with E-state index < -0.39 is 0 Å². The highest BCUT2D eigenvalue weighted by Crippen LogP contribution is 2.33. The number of benzene rings is 2. The molecule has 0 unspecified atom stereocenters. The number of aromatic hydroxyl groups is 1. The van der Waals surface area contributed by atoms with E-state index in [1.165, 1.54) is 0 Å². The van der Waals surface area contributed by atoms with Crippen molar-refractivity contribution in [1.82, 2.24) is 4.98 Å². The zero-order valence-corrected chi connectivity index (χ0v) is 14.7. The van der Waals surface area contributed by atoms with Crippen LogP contribution in [0.25, 0.3) is 16.8 Å². The van der Waals surface area contributed by atoms with Crippen LogP contribution in [0.2, 0.25) is 0 Å². The van der Waals surface area contributed by atoms with E-state index >= 15 is 0 Å². The van der Waals surface area contributed by atoms with Crippen LogP contribution in [0, 0.1) is 5.92 Å². The molecule has 0 aliphatic heterocycles. The van der Waals surface area contributed by atoms with Gasteiger partial charge >= 0.3 is 0 Å². The molecule has 1 heterocycles. The minimum absolute atomic E-state index is 0.313. The summed E-state index contributed by atoms with van der Waals surface area (Å²) < 4.78 is 0. The van der Waals surface area contributed by atoms with E-state index in [1.807, 2.05) is 66.7 Å². The van der Waals surface area contributed by atoms with Gasteiger partial charge in [0, 0.05) is 16.7 Å². The summed E-state index contributed by atoms with van der Waals surface area (Å²) in [6, 6.07) is 21.8. The quantitative estimate of drug-likeness (QED) is 0.650. The summed E-state index contributed by atoms with van der Waals surface area (Å²) in [5.41, 5.74) is 5.18. The zero-order valence-electron chi connectivity index (χ0n) is 14.7. The predicted octanol–water partition coefficient (Wildman–Crippen LogP) is 5.71. The van der Waals surface area contributed by atoms with Gasteiger partial charge in [-0.2, -0.15) is 0 Å². The Bertz CT molecular complexity index is 882. The molecule has 1 N–H and O–H groups in total. The van der Waals surface area contributed by atoms with Gasteiger partial charge in [0.2, 0.25) is 0 Å². The summed E-state index contributed by atoms with van der Waals surface area (Å²) >= 11 is 0. The second kappa shape index (κ2) is 7.35. The van der Waals surface area contributed by atoms with Crippen molar-refractivity contribution in [1.29, 1.82) is 0 Å². The second-order valence-corrected chi connectivity index (χ2v) is 6.66. The van der Waals surface area contributed by atoms with E-state index in [0.717, 1.165) is 40.1 Å². The molecule has 3 rings (SSSR count). The molecule has 0 saturated heterocycles. The van der Waals surface area contributed by atoms with Gasteiger partial charge in [0.25, 0.3) is 0 Å². The Morgan fingerprint density at radius 3 is 2.40 bits per heavy atom. The number of hydrogen-bond donors (Lipinski definition) is 1. The van der Waals surface area contributed by atoms with E-state index in [-0.39, 0.29) is 0 Å². The van der Waals surface area contributed by atoms with Crippen LogP contribution in [0.4, 0.5) is 0 Å². The third-order valence-corrected chi connectivity index (χ3v) is 4.20. The highest BCUT2D eigenvalue weighted by atomic mass is 16.3. The third-order valence-electron chi connectivity index (χ3n) is 4.20. The fourth-order valence-corrected chi connectivity index (χ4v) is 2.95. The molecule has 0 amide bonds. The number of hydrogen-bond acceptors (Lipinski definition) is 2. The fraction of sp³-hybridized carbons (Fsp3) is 0.174. The largest absolute Gasteiger partial charge is 0.507 e. The van der Waals surface area contributed by atoms with E-state index in [9.17, 15) is 5.11 Å². The molecule has 1 aromatic heterocycles. The topological polar surface area (TPSA) is 33.1 Å². The van der Waals surface area contributed by atoms with Gasteiger partial charge in [-0.3, -0.25) is 0 Å². The van der Waals surface area contributed by atoms with Gasteiger partial charge in [-0.05, 0) is 30.0 Å². The van der Waals surface area contributed by atoms with E-state index in [2.05, 4.69) is 20.4 Å². The number of para-hydroxylation sites is 1. The first-order valence-electron chi connectivity index (χ1n) is 8.59. The molecule has 3 aromatic rings. The molecule has 0 fully saturated rings. The molecule has 126 valence electrons. The Labute approximate surface area is 149 Å². The molecule has 0 radical (unpaired) electrons. The maximum absolute atomic E-state index is 10.7. The lowest BCUT2D eigenvalue weighted by molar-refractivity contribution is 0.461. The SMILES string of the molecule is C=C(c1cccc(-c2ccccc2)n1)c1cccc(CC(C)C)c1O. The van der Waals surface area contributed by atoms with Crippen LogP contribution in [-0.4, -0.2) is 10.1 Å². The molecule has 0 atom stereocenters. The van der Waals surface area contributed by atoms with Crippen molar-refractivity contribution in [2.45, 2.75) is 20.3 Å². The molecule has 0 spiro atoms.